The Balaban J connectivity index is 2.35. The summed E-state index contributed by atoms with van der Waals surface area (Å²) in [4.78, 5) is 21.4. The van der Waals surface area contributed by atoms with Gasteiger partial charge in [0.25, 0.3) is 0 Å². The maximum atomic E-state index is 10.7. The first-order chi connectivity index (χ1) is 6.58. The zero-order valence-electron chi connectivity index (χ0n) is 8.49. The maximum absolute atomic E-state index is 10.7. The first kappa shape index (κ1) is 11.0. The molecule has 0 heterocycles. The molecule has 0 bridgehead atoms. The molecule has 1 aliphatic rings. The predicted octanol–water partition coefficient (Wildman–Crippen LogP) is 1.24. The molecule has 0 aromatic heterocycles. The summed E-state index contributed by atoms with van der Waals surface area (Å²) in [5.74, 6) is -0.571. The smallest absolute Gasteiger partial charge is 0.302 e. The molecule has 1 fully saturated rings. The summed E-state index contributed by atoms with van der Waals surface area (Å²) in [7, 11) is 0. The zero-order chi connectivity index (χ0) is 10.6. The molecule has 2 unspecified atom stereocenters. The summed E-state index contributed by atoms with van der Waals surface area (Å²) in [6, 6.07) is 0. The normalized spacial score (nSPS) is 26.7. The monoisotopic (exact) mass is 199 g/mol. The number of hydrogen-bond donors (Lipinski definition) is 0. The van der Waals surface area contributed by atoms with Crippen molar-refractivity contribution in [2.45, 2.75) is 45.3 Å². The van der Waals surface area contributed by atoms with E-state index in [2.05, 4.69) is 0 Å². The van der Waals surface area contributed by atoms with Crippen molar-refractivity contribution >= 4 is 11.9 Å². The third-order valence-electron chi connectivity index (χ3n) is 2.05. The van der Waals surface area contributed by atoms with Gasteiger partial charge in [-0.2, -0.15) is 0 Å². The zero-order valence-corrected chi connectivity index (χ0v) is 8.49. The first-order valence-corrected chi connectivity index (χ1v) is 4.74. The lowest BCUT2D eigenvalue weighted by atomic mass is 9.95. The minimum absolute atomic E-state index is 0.134. The van der Waals surface area contributed by atoms with Gasteiger partial charge in [-0.25, -0.2) is 0 Å². The average molecular weight is 199 g/mol. The van der Waals surface area contributed by atoms with Gasteiger partial charge in [0.1, 0.15) is 12.2 Å². The number of esters is 2. The quantitative estimate of drug-likeness (QED) is 0.628. The molecule has 79 valence electrons. The molecule has 0 aliphatic heterocycles. The van der Waals surface area contributed by atoms with Gasteiger partial charge in [0.05, 0.1) is 0 Å². The second-order valence-electron chi connectivity index (χ2n) is 3.46. The number of carbonyl (C=O) groups excluding carboxylic acids is 2. The lowest BCUT2D eigenvalue weighted by Gasteiger charge is -2.27. The Bertz CT molecular complexity index is 202. The van der Waals surface area contributed by atoms with E-state index in [1.807, 2.05) is 6.42 Å². The SMILES string of the molecule is CC(=O)OC1C[CH]CC(OC(C)=O)C1. The van der Waals surface area contributed by atoms with Crippen molar-refractivity contribution in [2.24, 2.45) is 0 Å². The van der Waals surface area contributed by atoms with E-state index in [0.29, 0.717) is 6.42 Å². The van der Waals surface area contributed by atoms with Crippen LogP contribution in [0, 0.1) is 6.42 Å². The van der Waals surface area contributed by atoms with Crippen LogP contribution in [0.3, 0.4) is 0 Å². The highest BCUT2D eigenvalue weighted by Gasteiger charge is 2.25. The maximum Gasteiger partial charge on any atom is 0.302 e. The van der Waals surface area contributed by atoms with E-state index in [0.717, 1.165) is 12.8 Å². The van der Waals surface area contributed by atoms with E-state index in [9.17, 15) is 9.59 Å². The standard InChI is InChI=1S/C10H15O4/c1-7(11)13-9-4-3-5-10(6-9)14-8(2)12/h3,9-10H,4-6H2,1-2H3. The van der Waals surface area contributed by atoms with E-state index in [4.69, 9.17) is 9.47 Å². The molecule has 0 spiro atoms. The van der Waals surface area contributed by atoms with Crippen molar-refractivity contribution in [1.82, 2.24) is 0 Å². The summed E-state index contributed by atoms with van der Waals surface area (Å²) in [6.07, 6.45) is 3.82. The van der Waals surface area contributed by atoms with E-state index in [1.54, 1.807) is 0 Å². The highest BCUT2D eigenvalue weighted by molar-refractivity contribution is 5.66. The van der Waals surface area contributed by atoms with Gasteiger partial charge in [-0.1, -0.05) is 0 Å². The van der Waals surface area contributed by atoms with Gasteiger partial charge in [0.2, 0.25) is 0 Å². The van der Waals surface area contributed by atoms with Gasteiger partial charge in [0.15, 0.2) is 0 Å². The number of carbonyl (C=O) groups is 2. The minimum Gasteiger partial charge on any atom is -0.462 e. The van der Waals surface area contributed by atoms with E-state index >= 15 is 0 Å². The van der Waals surface area contributed by atoms with Crippen LogP contribution >= 0.6 is 0 Å². The average Bonchev–Trinajstić information content (AvgIpc) is 2.01. The molecule has 0 amide bonds. The largest absolute Gasteiger partial charge is 0.462 e. The Kier molecular flexibility index (Phi) is 3.92. The molecule has 4 nitrogen and oxygen atoms in total. The van der Waals surface area contributed by atoms with Crippen LogP contribution in [-0.4, -0.2) is 24.1 Å². The van der Waals surface area contributed by atoms with Gasteiger partial charge in [-0.15, -0.1) is 0 Å². The molecule has 0 saturated heterocycles. The van der Waals surface area contributed by atoms with Gasteiger partial charge in [-0.3, -0.25) is 9.59 Å². The third-order valence-corrected chi connectivity index (χ3v) is 2.05. The van der Waals surface area contributed by atoms with Crippen molar-refractivity contribution in [1.29, 1.82) is 0 Å². The molecular weight excluding hydrogens is 184 g/mol. The van der Waals surface area contributed by atoms with E-state index < -0.39 is 0 Å². The fraction of sp³-hybridized carbons (Fsp3) is 0.700. The van der Waals surface area contributed by atoms with Gasteiger partial charge in [0, 0.05) is 20.3 Å². The molecule has 1 saturated carbocycles. The van der Waals surface area contributed by atoms with E-state index in [-0.39, 0.29) is 24.1 Å². The molecule has 0 aromatic carbocycles. The van der Waals surface area contributed by atoms with E-state index in [1.165, 1.54) is 13.8 Å². The van der Waals surface area contributed by atoms with Crippen LogP contribution < -0.4 is 0 Å². The molecule has 2 atom stereocenters. The minimum atomic E-state index is -0.285. The second kappa shape index (κ2) is 4.98. The lowest BCUT2D eigenvalue weighted by molar-refractivity contribution is -0.154. The first-order valence-electron chi connectivity index (χ1n) is 4.74. The van der Waals surface area contributed by atoms with Crippen molar-refractivity contribution in [3.05, 3.63) is 6.42 Å². The summed E-state index contributed by atoms with van der Waals surface area (Å²) in [5, 5.41) is 0. The number of rotatable bonds is 2. The van der Waals surface area contributed by atoms with Crippen LogP contribution in [0.5, 0.6) is 0 Å². The van der Waals surface area contributed by atoms with Crippen LogP contribution in [0.25, 0.3) is 0 Å². The Morgan fingerprint density at radius 3 is 1.86 bits per heavy atom. The lowest BCUT2D eigenvalue weighted by Crippen LogP contribution is -2.30. The highest BCUT2D eigenvalue weighted by atomic mass is 16.6. The summed E-state index contributed by atoms with van der Waals surface area (Å²) in [6.45, 7) is 2.77. The molecule has 1 radical (unpaired) electrons. The topological polar surface area (TPSA) is 52.6 Å². The number of ether oxygens (including phenoxy) is 2. The van der Waals surface area contributed by atoms with Crippen LogP contribution in [-0.2, 0) is 19.1 Å². The fourth-order valence-electron chi connectivity index (χ4n) is 1.62. The van der Waals surface area contributed by atoms with Crippen LogP contribution in [0.15, 0.2) is 0 Å². The molecule has 0 N–H and O–H groups in total. The van der Waals surface area contributed by atoms with Crippen LogP contribution in [0.2, 0.25) is 0 Å². The molecule has 1 aliphatic carbocycles. The van der Waals surface area contributed by atoms with Gasteiger partial charge in [-0.05, 0) is 19.3 Å². The van der Waals surface area contributed by atoms with Gasteiger partial charge >= 0.3 is 11.9 Å². The Morgan fingerprint density at radius 1 is 1.07 bits per heavy atom. The molecule has 1 rings (SSSR count). The van der Waals surface area contributed by atoms with Crippen molar-refractivity contribution in [3.8, 4) is 0 Å². The molecule has 4 heteroatoms. The van der Waals surface area contributed by atoms with Crippen molar-refractivity contribution < 1.29 is 19.1 Å². The second-order valence-corrected chi connectivity index (χ2v) is 3.46. The van der Waals surface area contributed by atoms with Crippen molar-refractivity contribution in [2.75, 3.05) is 0 Å². The molecule has 0 aromatic rings. The predicted molar refractivity (Wildman–Crippen MR) is 49.3 cm³/mol. The molecule has 14 heavy (non-hydrogen) atoms. The fourth-order valence-corrected chi connectivity index (χ4v) is 1.62. The van der Waals surface area contributed by atoms with Gasteiger partial charge < -0.3 is 9.47 Å². The van der Waals surface area contributed by atoms with Crippen LogP contribution in [0.4, 0.5) is 0 Å². The highest BCUT2D eigenvalue weighted by Crippen LogP contribution is 2.22. The Hall–Kier alpha value is -1.06. The van der Waals surface area contributed by atoms with Crippen LogP contribution in [0.1, 0.15) is 33.1 Å². The summed E-state index contributed by atoms with van der Waals surface area (Å²) < 4.78 is 10.1. The summed E-state index contributed by atoms with van der Waals surface area (Å²) in [5.41, 5.74) is 0. The Morgan fingerprint density at radius 2 is 1.50 bits per heavy atom. The molecular formula is C10H15O4. The van der Waals surface area contributed by atoms with Crippen molar-refractivity contribution in [3.63, 3.8) is 0 Å². The summed E-state index contributed by atoms with van der Waals surface area (Å²) >= 11 is 0. The Labute approximate surface area is 83.6 Å². The number of hydrogen-bond acceptors (Lipinski definition) is 4. The third kappa shape index (κ3) is 3.77.